The second-order valence-electron chi connectivity index (χ2n) is 4.37. The molecule has 0 aromatic heterocycles. The van der Waals surface area contributed by atoms with Crippen molar-refractivity contribution in [2.75, 3.05) is 0 Å². The standard InChI is InChI=1S/C10H21OP/c1-8(2)12(9(3)4)10(5,6)7-11/h7-9H,1-6H3. The summed E-state index contributed by atoms with van der Waals surface area (Å²) in [7, 11) is -0.190. The summed E-state index contributed by atoms with van der Waals surface area (Å²) in [6, 6.07) is 0. The number of hydrogen-bond donors (Lipinski definition) is 0. The zero-order valence-electron chi connectivity index (χ0n) is 9.09. The molecule has 0 amide bonds. The van der Waals surface area contributed by atoms with Crippen LogP contribution in [0.2, 0.25) is 0 Å². The van der Waals surface area contributed by atoms with Crippen molar-refractivity contribution in [1.82, 2.24) is 0 Å². The molecule has 1 nitrogen and oxygen atoms in total. The largest absolute Gasteiger partial charge is 0.302 e. The molecular formula is C10H21OP. The van der Waals surface area contributed by atoms with Gasteiger partial charge in [-0.1, -0.05) is 35.6 Å². The molecule has 0 atom stereocenters. The lowest BCUT2D eigenvalue weighted by molar-refractivity contribution is -0.109. The molecular weight excluding hydrogens is 167 g/mol. The molecule has 0 aliphatic carbocycles. The molecule has 0 aliphatic heterocycles. The summed E-state index contributed by atoms with van der Waals surface area (Å²) in [5.74, 6) is 0. The topological polar surface area (TPSA) is 17.1 Å². The molecule has 0 unspecified atom stereocenters. The van der Waals surface area contributed by atoms with E-state index in [-0.39, 0.29) is 13.1 Å². The first kappa shape index (κ1) is 12.1. The number of rotatable bonds is 4. The predicted octanol–water partition coefficient (Wildman–Crippen LogP) is 3.26. The van der Waals surface area contributed by atoms with E-state index in [1.165, 1.54) is 0 Å². The first-order chi connectivity index (χ1) is 5.33. The fourth-order valence-electron chi connectivity index (χ4n) is 1.99. The molecule has 0 aromatic carbocycles. The van der Waals surface area contributed by atoms with Gasteiger partial charge in [-0.15, -0.1) is 0 Å². The van der Waals surface area contributed by atoms with Crippen LogP contribution in [0, 0.1) is 0 Å². The molecule has 12 heavy (non-hydrogen) atoms. The Labute approximate surface area is 77.7 Å². The molecule has 0 heterocycles. The van der Waals surface area contributed by atoms with Gasteiger partial charge in [0, 0.05) is 5.16 Å². The molecule has 0 radical (unpaired) electrons. The maximum Gasteiger partial charge on any atom is 0.129 e. The minimum Gasteiger partial charge on any atom is -0.302 e. The summed E-state index contributed by atoms with van der Waals surface area (Å²) in [5, 5.41) is -0.113. The molecule has 0 aromatic rings. The van der Waals surface area contributed by atoms with Crippen LogP contribution in [-0.2, 0) is 4.79 Å². The van der Waals surface area contributed by atoms with Crippen molar-refractivity contribution in [1.29, 1.82) is 0 Å². The van der Waals surface area contributed by atoms with Crippen molar-refractivity contribution in [2.45, 2.75) is 58.0 Å². The van der Waals surface area contributed by atoms with Crippen LogP contribution in [0.4, 0.5) is 0 Å². The second-order valence-corrected chi connectivity index (χ2v) is 8.40. The zero-order chi connectivity index (χ0) is 9.94. The zero-order valence-corrected chi connectivity index (χ0v) is 9.98. The van der Waals surface area contributed by atoms with Crippen molar-refractivity contribution in [3.63, 3.8) is 0 Å². The monoisotopic (exact) mass is 188 g/mol. The average molecular weight is 188 g/mol. The summed E-state index contributed by atoms with van der Waals surface area (Å²) < 4.78 is 0. The molecule has 0 aliphatic rings. The summed E-state index contributed by atoms with van der Waals surface area (Å²) in [6.07, 6.45) is 1.12. The van der Waals surface area contributed by atoms with Crippen molar-refractivity contribution in [3.05, 3.63) is 0 Å². The van der Waals surface area contributed by atoms with Gasteiger partial charge < -0.3 is 4.79 Å². The Morgan fingerprint density at radius 3 is 1.50 bits per heavy atom. The molecule has 0 saturated heterocycles. The van der Waals surface area contributed by atoms with Crippen LogP contribution in [-0.4, -0.2) is 22.8 Å². The molecule has 0 saturated carbocycles. The smallest absolute Gasteiger partial charge is 0.129 e. The van der Waals surface area contributed by atoms with E-state index in [4.69, 9.17) is 0 Å². The van der Waals surface area contributed by atoms with Gasteiger partial charge in [0.15, 0.2) is 0 Å². The number of aldehydes is 1. The Balaban J connectivity index is 4.61. The summed E-state index contributed by atoms with van der Waals surface area (Å²) in [6.45, 7) is 13.0. The van der Waals surface area contributed by atoms with Gasteiger partial charge in [-0.25, -0.2) is 0 Å². The van der Waals surface area contributed by atoms with E-state index >= 15 is 0 Å². The minimum atomic E-state index is -0.190. The van der Waals surface area contributed by atoms with Crippen molar-refractivity contribution in [3.8, 4) is 0 Å². The molecule has 0 rings (SSSR count). The second kappa shape index (κ2) is 4.37. The van der Waals surface area contributed by atoms with Gasteiger partial charge in [0.05, 0.1) is 0 Å². The SMILES string of the molecule is CC(C)P(C(C)C)C(C)(C)C=O. The van der Waals surface area contributed by atoms with Gasteiger partial charge in [0.1, 0.15) is 6.29 Å². The highest BCUT2D eigenvalue weighted by Gasteiger charge is 2.32. The number of hydrogen-bond acceptors (Lipinski definition) is 1. The Morgan fingerprint density at radius 1 is 1.08 bits per heavy atom. The highest BCUT2D eigenvalue weighted by Crippen LogP contribution is 2.55. The van der Waals surface area contributed by atoms with Crippen LogP contribution >= 0.6 is 7.92 Å². The van der Waals surface area contributed by atoms with Gasteiger partial charge in [0.25, 0.3) is 0 Å². The van der Waals surface area contributed by atoms with Crippen LogP contribution in [0.25, 0.3) is 0 Å². The lowest BCUT2D eigenvalue weighted by atomic mass is 10.2. The number of carbonyl (C=O) groups is 1. The Morgan fingerprint density at radius 2 is 1.42 bits per heavy atom. The Bertz CT molecular complexity index is 142. The first-order valence-corrected chi connectivity index (χ1v) is 6.05. The van der Waals surface area contributed by atoms with Crippen LogP contribution < -0.4 is 0 Å². The third-order valence-corrected chi connectivity index (χ3v) is 5.73. The van der Waals surface area contributed by atoms with Gasteiger partial charge in [-0.3, -0.25) is 0 Å². The van der Waals surface area contributed by atoms with Crippen LogP contribution in [0.1, 0.15) is 41.5 Å². The fraction of sp³-hybridized carbons (Fsp3) is 0.900. The van der Waals surface area contributed by atoms with E-state index in [9.17, 15) is 4.79 Å². The molecule has 0 spiro atoms. The highest BCUT2D eigenvalue weighted by atomic mass is 31.1. The lowest BCUT2D eigenvalue weighted by Gasteiger charge is -2.36. The maximum absolute atomic E-state index is 10.9. The molecule has 72 valence electrons. The normalized spacial score (nSPS) is 13.1. The van der Waals surface area contributed by atoms with Crippen molar-refractivity contribution < 1.29 is 4.79 Å². The van der Waals surface area contributed by atoms with Crippen molar-refractivity contribution >= 4 is 14.2 Å². The predicted molar refractivity (Wildman–Crippen MR) is 57.3 cm³/mol. The van der Waals surface area contributed by atoms with Crippen LogP contribution in [0.5, 0.6) is 0 Å². The first-order valence-electron chi connectivity index (χ1n) is 4.57. The van der Waals surface area contributed by atoms with Gasteiger partial charge >= 0.3 is 0 Å². The molecule has 2 heteroatoms. The van der Waals surface area contributed by atoms with Crippen LogP contribution in [0.3, 0.4) is 0 Å². The minimum absolute atomic E-state index is 0.113. The summed E-state index contributed by atoms with van der Waals surface area (Å²) in [4.78, 5) is 10.9. The van der Waals surface area contributed by atoms with Gasteiger partial charge in [-0.05, 0) is 25.2 Å². The van der Waals surface area contributed by atoms with E-state index in [1.807, 2.05) is 0 Å². The quantitative estimate of drug-likeness (QED) is 0.489. The fourth-order valence-corrected chi connectivity index (χ4v) is 5.96. The van der Waals surface area contributed by atoms with Crippen LogP contribution in [0.15, 0.2) is 0 Å². The molecule has 0 bridgehead atoms. The lowest BCUT2D eigenvalue weighted by Crippen LogP contribution is -2.27. The van der Waals surface area contributed by atoms with Gasteiger partial charge in [0.2, 0.25) is 0 Å². The average Bonchev–Trinajstić information content (AvgIpc) is 1.84. The number of carbonyl (C=O) groups excluding carboxylic acids is 1. The Hall–Kier alpha value is 0.100. The third-order valence-electron chi connectivity index (χ3n) is 2.07. The third kappa shape index (κ3) is 2.86. The van der Waals surface area contributed by atoms with Gasteiger partial charge in [-0.2, -0.15) is 0 Å². The van der Waals surface area contributed by atoms with E-state index in [0.29, 0.717) is 11.3 Å². The van der Waals surface area contributed by atoms with E-state index in [2.05, 4.69) is 41.5 Å². The van der Waals surface area contributed by atoms with E-state index in [0.717, 1.165) is 6.29 Å². The maximum atomic E-state index is 10.9. The van der Waals surface area contributed by atoms with Crippen molar-refractivity contribution in [2.24, 2.45) is 0 Å². The molecule has 0 fully saturated rings. The van der Waals surface area contributed by atoms with E-state index < -0.39 is 0 Å². The summed E-state index contributed by atoms with van der Waals surface area (Å²) in [5.41, 5.74) is 1.28. The van der Waals surface area contributed by atoms with E-state index in [1.54, 1.807) is 0 Å². The highest BCUT2D eigenvalue weighted by molar-refractivity contribution is 7.61. The molecule has 0 N–H and O–H groups in total. The Kier molecular flexibility index (Phi) is 4.40. The summed E-state index contributed by atoms with van der Waals surface area (Å²) >= 11 is 0.